The predicted molar refractivity (Wildman–Crippen MR) is 82.6 cm³/mol. The molecule has 0 amide bonds. The van der Waals surface area contributed by atoms with Gasteiger partial charge in [0.25, 0.3) is 0 Å². The fourth-order valence-corrected chi connectivity index (χ4v) is 2.27. The number of aryl methyl sites for hydroxylation is 2. The molecule has 0 aliphatic rings. The highest BCUT2D eigenvalue weighted by Crippen LogP contribution is 2.22. The molecule has 1 unspecified atom stereocenters. The van der Waals surface area contributed by atoms with Gasteiger partial charge in [0.1, 0.15) is 0 Å². The van der Waals surface area contributed by atoms with Gasteiger partial charge in [0.2, 0.25) is 0 Å². The summed E-state index contributed by atoms with van der Waals surface area (Å²) < 4.78 is 5.17. The highest BCUT2D eigenvalue weighted by molar-refractivity contribution is 5.30. The number of benzene rings is 1. The number of methoxy groups -OCH3 is 1. The monoisotopic (exact) mass is 263 g/mol. The molecule has 1 aromatic carbocycles. The fourth-order valence-electron chi connectivity index (χ4n) is 2.27. The number of hydrogen-bond donors (Lipinski definition) is 1. The van der Waals surface area contributed by atoms with Crippen LogP contribution >= 0.6 is 0 Å². The van der Waals surface area contributed by atoms with E-state index < -0.39 is 0 Å². The second kappa shape index (κ2) is 7.06. The minimum absolute atomic E-state index is 0.267. The van der Waals surface area contributed by atoms with Crippen LogP contribution < -0.4 is 5.32 Å². The maximum absolute atomic E-state index is 5.17. The molecule has 0 fully saturated rings. The summed E-state index contributed by atoms with van der Waals surface area (Å²) in [4.78, 5) is 0. The van der Waals surface area contributed by atoms with Gasteiger partial charge in [-0.05, 0) is 38.2 Å². The molecule has 0 radical (unpaired) electrons. The molecule has 0 saturated heterocycles. The van der Waals surface area contributed by atoms with E-state index in [0.29, 0.717) is 6.04 Å². The van der Waals surface area contributed by atoms with Crippen LogP contribution in [0.4, 0.5) is 0 Å². The molecule has 0 aliphatic heterocycles. The van der Waals surface area contributed by atoms with Crippen molar-refractivity contribution >= 4 is 0 Å². The van der Waals surface area contributed by atoms with Crippen LogP contribution in [0.1, 0.15) is 49.9 Å². The van der Waals surface area contributed by atoms with E-state index in [-0.39, 0.29) is 5.41 Å². The molecule has 1 N–H and O–H groups in total. The quantitative estimate of drug-likeness (QED) is 0.802. The summed E-state index contributed by atoms with van der Waals surface area (Å²) in [5.74, 6) is 0. The number of rotatable bonds is 7. The molecule has 0 bridgehead atoms. The molecule has 2 nitrogen and oxygen atoms in total. The zero-order chi connectivity index (χ0) is 14.5. The van der Waals surface area contributed by atoms with Crippen LogP contribution in [0.2, 0.25) is 0 Å². The van der Waals surface area contributed by atoms with Crippen molar-refractivity contribution in [2.24, 2.45) is 5.41 Å². The lowest BCUT2D eigenvalue weighted by atomic mass is 9.89. The topological polar surface area (TPSA) is 21.3 Å². The smallest absolute Gasteiger partial charge is 0.0467 e. The Balaban J connectivity index is 2.57. The number of nitrogens with one attached hydrogen (secondary N) is 1. The molecule has 1 atom stereocenters. The van der Waals surface area contributed by atoms with Crippen molar-refractivity contribution < 1.29 is 4.74 Å². The van der Waals surface area contributed by atoms with Crippen LogP contribution in [0, 0.1) is 19.3 Å². The predicted octanol–water partition coefficient (Wildman–Crippen LogP) is 4.02. The lowest BCUT2D eigenvalue weighted by Crippen LogP contribution is -2.32. The van der Waals surface area contributed by atoms with E-state index in [4.69, 9.17) is 4.74 Å². The molecule has 0 spiro atoms. The molecule has 108 valence electrons. The molecule has 1 aromatic rings. The first kappa shape index (κ1) is 16.2. The maximum atomic E-state index is 5.17. The summed E-state index contributed by atoms with van der Waals surface area (Å²) in [5.41, 5.74) is 4.31. The van der Waals surface area contributed by atoms with Crippen LogP contribution in [0.5, 0.6) is 0 Å². The van der Waals surface area contributed by atoms with Crippen LogP contribution in [0.25, 0.3) is 0 Å². The average Bonchev–Trinajstić information content (AvgIpc) is 2.32. The standard InChI is InChI=1S/C17H29NO/c1-13-9-14(2)11-16(10-13)15(3)18-12-17(4,5)7-8-19-6/h9-11,15,18H,7-8,12H2,1-6H3. The molecule has 0 saturated carbocycles. The molecule has 1 rings (SSSR count). The first-order valence-corrected chi connectivity index (χ1v) is 7.14. The Morgan fingerprint density at radius 1 is 1.16 bits per heavy atom. The van der Waals surface area contributed by atoms with E-state index >= 15 is 0 Å². The van der Waals surface area contributed by atoms with Gasteiger partial charge in [-0.2, -0.15) is 0 Å². The Hall–Kier alpha value is -0.860. The summed E-state index contributed by atoms with van der Waals surface area (Å²) in [6, 6.07) is 7.15. The molecule has 2 heteroatoms. The normalized spacial score (nSPS) is 13.6. The Morgan fingerprint density at radius 3 is 2.26 bits per heavy atom. The molecule has 0 aliphatic carbocycles. The van der Waals surface area contributed by atoms with Crippen LogP contribution in [-0.4, -0.2) is 20.3 Å². The average molecular weight is 263 g/mol. The lowest BCUT2D eigenvalue weighted by molar-refractivity contribution is 0.149. The van der Waals surface area contributed by atoms with Crippen molar-refractivity contribution in [3.8, 4) is 0 Å². The van der Waals surface area contributed by atoms with Crippen molar-refractivity contribution in [2.45, 2.75) is 47.1 Å². The van der Waals surface area contributed by atoms with Crippen molar-refractivity contribution in [2.75, 3.05) is 20.3 Å². The van der Waals surface area contributed by atoms with Crippen molar-refractivity contribution in [1.29, 1.82) is 0 Å². The van der Waals surface area contributed by atoms with Gasteiger partial charge in [0, 0.05) is 26.3 Å². The van der Waals surface area contributed by atoms with Crippen LogP contribution in [0.15, 0.2) is 18.2 Å². The summed E-state index contributed by atoms with van der Waals surface area (Å²) >= 11 is 0. The molecule has 19 heavy (non-hydrogen) atoms. The lowest BCUT2D eigenvalue weighted by Gasteiger charge is -2.27. The van der Waals surface area contributed by atoms with Crippen LogP contribution in [0.3, 0.4) is 0 Å². The Labute approximate surface area is 118 Å². The van der Waals surface area contributed by atoms with Gasteiger partial charge in [-0.3, -0.25) is 0 Å². The zero-order valence-electron chi connectivity index (χ0n) is 13.3. The minimum Gasteiger partial charge on any atom is -0.385 e. The molecule has 0 heterocycles. The Bertz CT molecular complexity index is 378. The summed E-state index contributed by atoms with van der Waals surface area (Å²) in [7, 11) is 1.77. The van der Waals surface area contributed by atoms with Gasteiger partial charge >= 0.3 is 0 Å². The SMILES string of the molecule is COCCC(C)(C)CNC(C)c1cc(C)cc(C)c1. The third-order valence-electron chi connectivity index (χ3n) is 3.61. The van der Waals surface area contributed by atoms with E-state index in [1.807, 2.05) is 0 Å². The molecular formula is C17H29NO. The molecular weight excluding hydrogens is 234 g/mol. The van der Waals surface area contributed by atoms with Crippen molar-refractivity contribution in [3.05, 3.63) is 34.9 Å². The van der Waals surface area contributed by atoms with E-state index in [9.17, 15) is 0 Å². The van der Waals surface area contributed by atoms with E-state index in [1.54, 1.807) is 7.11 Å². The second-order valence-electron chi connectivity index (χ2n) is 6.43. The largest absolute Gasteiger partial charge is 0.385 e. The first-order chi connectivity index (χ1) is 8.84. The van der Waals surface area contributed by atoms with Gasteiger partial charge in [0.15, 0.2) is 0 Å². The summed E-state index contributed by atoms with van der Waals surface area (Å²) in [5, 5.41) is 3.65. The third-order valence-corrected chi connectivity index (χ3v) is 3.61. The van der Waals surface area contributed by atoms with Gasteiger partial charge in [0.05, 0.1) is 0 Å². The fraction of sp³-hybridized carbons (Fsp3) is 0.647. The van der Waals surface area contributed by atoms with E-state index in [1.165, 1.54) is 16.7 Å². The van der Waals surface area contributed by atoms with Gasteiger partial charge in [-0.15, -0.1) is 0 Å². The number of hydrogen-bond acceptors (Lipinski definition) is 2. The number of ether oxygens (including phenoxy) is 1. The summed E-state index contributed by atoms with van der Waals surface area (Å²) in [6.45, 7) is 13.0. The van der Waals surface area contributed by atoms with Crippen LogP contribution in [-0.2, 0) is 4.74 Å². The highest BCUT2D eigenvalue weighted by atomic mass is 16.5. The van der Waals surface area contributed by atoms with Crippen molar-refractivity contribution in [1.82, 2.24) is 5.32 Å². The van der Waals surface area contributed by atoms with Gasteiger partial charge < -0.3 is 10.1 Å². The second-order valence-corrected chi connectivity index (χ2v) is 6.43. The maximum Gasteiger partial charge on any atom is 0.0467 e. The Kier molecular flexibility index (Phi) is 6.02. The summed E-state index contributed by atoms with van der Waals surface area (Å²) in [6.07, 6.45) is 1.08. The van der Waals surface area contributed by atoms with E-state index in [0.717, 1.165) is 19.6 Å². The highest BCUT2D eigenvalue weighted by Gasteiger charge is 2.18. The van der Waals surface area contributed by atoms with E-state index in [2.05, 4.69) is 58.1 Å². The third kappa shape index (κ3) is 5.75. The first-order valence-electron chi connectivity index (χ1n) is 7.14. The van der Waals surface area contributed by atoms with Gasteiger partial charge in [-0.25, -0.2) is 0 Å². The Morgan fingerprint density at radius 2 is 1.74 bits per heavy atom. The zero-order valence-corrected chi connectivity index (χ0v) is 13.3. The minimum atomic E-state index is 0.267. The van der Waals surface area contributed by atoms with Gasteiger partial charge in [-0.1, -0.05) is 43.2 Å². The molecule has 0 aromatic heterocycles. The van der Waals surface area contributed by atoms with Crippen molar-refractivity contribution in [3.63, 3.8) is 0 Å².